The number of amides is 1. The Morgan fingerprint density at radius 1 is 1.29 bits per heavy atom. The molecule has 0 spiro atoms. The largest absolute Gasteiger partial charge is 0.443 e. The topological polar surface area (TPSA) is 75.7 Å². The van der Waals surface area contributed by atoms with Crippen molar-refractivity contribution in [2.75, 3.05) is 23.7 Å². The van der Waals surface area contributed by atoms with Gasteiger partial charge in [-0.15, -0.1) is 0 Å². The lowest BCUT2D eigenvalue weighted by atomic mass is 10.1. The van der Waals surface area contributed by atoms with Crippen molar-refractivity contribution in [1.29, 1.82) is 0 Å². The van der Waals surface area contributed by atoms with E-state index in [0.29, 0.717) is 6.54 Å². The number of carbonyl (C=O) groups excluding carboxylic acids is 1. The van der Waals surface area contributed by atoms with Crippen molar-refractivity contribution < 1.29 is 17.9 Å². The van der Waals surface area contributed by atoms with Crippen molar-refractivity contribution in [3.8, 4) is 0 Å². The van der Waals surface area contributed by atoms with Crippen LogP contribution < -0.4 is 9.62 Å². The lowest BCUT2D eigenvalue weighted by Gasteiger charge is -2.14. The molecule has 7 heteroatoms. The number of anilines is 1. The zero-order valence-electron chi connectivity index (χ0n) is 12.4. The van der Waals surface area contributed by atoms with Gasteiger partial charge in [0.05, 0.1) is 12.3 Å². The molecule has 1 fully saturated rings. The van der Waals surface area contributed by atoms with Gasteiger partial charge in [-0.1, -0.05) is 6.07 Å². The molecule has 0 saturated carbocycles. The van der Waals surface area contributed by atoms with Gasteiger partial charge in [0.25, 0.3) is 0 Å². The van der Waals surface area contributed by atoms with E-state index in [-0.39, 0.29) is 12.3 Å². The van der Waals surface area contributed by atoms with Gasteiger partial charge in [0.1, 0.15) is 6.10 Å². The Morgan fingerprint density at radius 2 is 1.90 bits per heavy atom. The molecule has 21 heavy (non-hydrogen) atoms. The second-order valence-electron chi connectivity index (χ2n) is 5.21. The van der Waals surface area contributed by atoms with E-state index in [1.54, 1.807) is 6.92 Å². The van der Waals surface area contributed by atoms with Gasteiger partial charge in [0.2, 0.25) is 10.0 Å². The number of hydrogen-bond acceptors (Lipinski definition) is 4. The Kier molecular flexibility index (Phi) is 4.53. The minimum Gasteiger partial charge on any atom is -0.443 e. The van der Waals surface area contributed by atoms with Crippen LogP contribution in [0.2, 0.25) is 0 Å². The average Bonchev–Trinajstić information content (AvgIpc) is 2.77. The van der Waals surface area contributed by atoms with E-state index in [1.165, 1.54) is 4.90 Å². The fraction of sp³-hybridized carbons (Fsp3) is 0.500. The lowest BCUT2D eigenvalue weighted by molar-refractivity contribution is 0.143. The molecule has 0 aromatic heterocycles. The first-order valence-corrected chi connectivity index (χ1v) is 8.49. The number of aryl methyl sites for hydroxylation is 2. The minimum absolute atomic E-state index is 0.00839. The molecular formula is C14H20N2O4S. The van der Waals surface area contributed by atoms with Crippen molar-refractivity contribution in [2.24, 2.45) is 0 Å². The maximum absolute atomic E-state index is 11.9. The molecule has 1 unspecified atom stereocenters. The van der Waals surface area contributed by atoms with Gasteiger partial charge in [-0.25, -0.2) is 17.9 Å². The van der Waals surface area contributed by atoms with Crippen LogP contribution in [0.1, 0.15) is 18.1 Å². The predicted octanol–water partition coefficient (Wildman–Crippen LogP) is 1.57. The van der Waals surface area contributed by atoms with Crippen LogP contribution >= 0.6 is 0 Å². The summed E-state index contributed by atoms with van der Waals surface area (Å²) in [5.74, 6) is 0.00839. The average molecular weight is 312 g/mol. The Bertz CT molecular complexity index is 622. The summed E-state index contributed by atoms with van der Waals surface area (Å²) in [6, 6.07) is 5.84. The van der Waals surface area contributed by atoms with Gasteiger partial charge >= 0.3 is 6.09 Å². The Morgan fingerprint density at radius 3 is 2.48 bits per heavy atom. The second kappa shape index (κ2) is 6.03. The molecule has 6 nitrogen and oxygen atoms in total. The monoisotopic (exact) mass is 312 g/mol. The van der Waals surface area contributed by atoms with Crippen LogP contribution in [0.5, 0.6) is 0 Å². The summed E-state index contributed by atoms with van der Waals surface area (Å²) in [4.78, 5) is 13.5. The number of benzene rings is 1. The first-order chi connectivity index (χ1) is 9.80. The van der Waals surface area contributed by atoms with Crippen LogP contribution in [-0.2, 0) is 14.8 Å². The summed E-state index contributed by atoms with van der Waals surface area (Å²) in [5, 5.41) is 0. The van der Waals surface area contributed by atoms with Gasteiger partial charge in [0, 0.05) is 12.2 Å². The highest BCUT2D eigenvalue weighted by Crippen LogP contribution is 2.24. The normalized spacial score (nSPS) is 18.9. The van der Waals surface area contributed by atoms with E-state index in [0.717, 1.165) is 16.8 Å². The Hall–Kier alpha value is -1.60. The third-order valence-electron chi connectivity index (χ3n) is 3.30. The predicted molar refractivity (Wildman–Crippen MR) is 81.0 cm³/mol. The van der Waals surface area contributed by atoms with E-state index in [4.69, 9.17) is 4.74 Å². The number of nitrogens with zero attached hydrogens (tertiary/aromatic N) is 1. The summed E-state index contributed by atoms with van der Waals surface area (Å²) >= 11 is 0. The van der Waals surface area contributed by atoms with Crippen molar-refractivity contribution in [3.05, 3.63) is 29.3 Å². The molecule has 0 radical (unpaired) electrons. The van der Waals surface area contributed by atoms with Gasteiger partial charge in [0.15, 0.2) is 0 Å². The molecule has 1 heterocycles. The first kappa shape index (κ1) is 15.8. The van der Waals surface area contributed by atoms with E-state index >= 15 is 0 Å². The zero-order chi connectivity index (χ0) is 15.6. The van der Waals surface area contributed by atoms with Crippen LogP contribution in [0.15, 0.2) is 18.2 Å². The molecule has 1 saturated heterocycles. The van der Waals surface area contributed by atoms with E-state index in [1.807, 2.05) is 32.0 Å². The number of cyclic esters (lactones) is 1. The quantitative estimate of drug-likeness (QED) is 0.895. The third-order valence-corrected chi connectivity index (χ3v) is 4.67. The molecule has 0 bridgehead atoms. The minimum atomic E-state index is -3.28. The summed E-state index contributed by atoms with van der Waals surface area (Å²) < 4.78 is 30.5. The van der Waals surface area contributed by atoms with Crippen LogP contribution in [0, 0.1) is 13.8 Å². The second-order valence-corrected chi connectivity index (χ2v) is 7.31. The molecule has 1 aromatic carbocycles. The molecular weight excluding hydrogens is 292 g/mol. The van der Waals surface area contributed by atoms with Crippen LogP contribution in [0.4, 0.5) is 10.5 Å². The van der Waals surface area contributed by atoms with Gasteiger partial charge in [-0.05, 0) is 44.0 Å². The first-order valence-electron chi connectivity index (χ1n) is 6.84. The summed E-state index contributed by atoms with van der Waals surface area (Å²) in [7, 11) is -3.28. The highest BCUT2D eigenvalue weighted by atomic mass is 32.2. The molecule has 2 rings (SSSR count). The number of carbonyl (C=O) groups is 1. The highest BCUT2D eigenvalue weighted by Gasteiger charge is 2.33. The van der Waals surface area contributed by atoms with Gasteiger partial charge in [-0.2, -0.15) is 0 Å². The molecule has 0 aliphatic carbocycles. The number of sulfonamides is 1. The lowest BCUT2D eigenvalue weighted by Crippen LogP contribution is -2.35. The van der Waals surface area contributed by atoms with Crippen molar-refractivity contribution in [2.45, 2.75) is 26.9 Å². The third kappa shape index (κ3) is 3.95. The summed E-state index contributed by atoms with van der Waals surface area (Å²) in [6.45, 7) is 5.93. The SMILES string of the molecule is CCS(=O)(=O)NCC1CN(c2cc(C)cc(C)c2)C(=O)O1. The molecule has 1 atom stereocenters. The molecule has 1 amide bonds. The molecule has 1 N–H and O–H groups in total. The van der Waals surface area contributed by atoms with Crippen molar-refractivity contribution in [1.82, 2.24) is 4.72 Å². The Labute approximate surface area is 125 Å². The standard InChI is InChI=1S/C14H20N2O4S/c1-4-21(18,19)15-8-13-9-16(14(17)20-13)12-6-10(2)5-11(3)7-12/h5-7,13,15H,4,8-9H2,1-3H3. The maximum Gasteiger partial charge on any atom is 0.414 e. The van der Waals surface area contributed by atoms with E-state index in [9.17, 15) is 13.2 Å². The highest BCUT2D eigenvalue weighted by molar-refractivity contribution is 7.89. The zero-order valence-corrected chi connectivity index (χ0v) is 13.2. The van der Waals surface area contributed by atoms with Crippen LogP contribution in [0.3, 0.4) is 0 Å². The Balaban J connectivity index is 2.06. The molecule has 1 aromatic rings. The maximum atomic E-state index is 11.9. The van der Waals surface area contributed by atoms with Crippen LogP contribution in [-0.4, -0.2) is 39.5 Å². The fourth-order valence-electron chi connectivity index (χ4n) is 2.27. The van der Waals surface area contributed by atoms with Crippen molar-refractivity contribution in [3.63, 3.8) is 0 Å². The summed E-state index contributed by atoms with van der Waals surface area (Å²) in [6.07, 6.45) is -0.916. The number of rotatable bonds is 5. The van der Waals surface area contributed by atoms with E-state index < -0.39 is 22.2 Å². The summed E-state index contributed by atoms with van der Waals surface area (Å²) in [5.41, 5.74) is 2.90. The van der Waals surface area contributed by atoms with Gasteiger partial charge in [-0.3, -0.25) is 4.90 Å². The number of hydrogen-bond donors (Lipinski definition) is 1. The molecule has 1 aliphatic heterocycles. The fourth-order valence-corrected chi connectivity index (χ4v) is 2.91. The molecule has 116 valence electrons. The van der Waals surface area contributed by atoms with Crippen LogP contribution in [0.25, 0.3) is 0 Å². The smallest absolute Gasteiger partial charge is 0.414 e. The van der Waals surface area contributed by atoms with Crippen molar-refractivity contribution >= 4 is 21.8 Å². The molecule has 1 aliphatic rings. The number of ether oxygens (including phenoxy) is 1. The van der Waals surface area contributed by atoms with Gasteiger partial charge < -0.3 is 4.74 Å². The number of nitrogens with one attached hydrogen (secondary N) is 1. The van der Waals surface area contributed by atoms with E-state index in [2.05, 4.69) is 4.72 Å².